The number of hydrogen-bond acceptors (Lipinski definition) is 7. The highest BCUT2D eigenvalue weighted by atomic mass is 16.5. The molecule has 0 aliphatic rings. The first-order valence-electron chi connectivity index (χ1n) is 8.00. The number of hydrogen-bond donors (Lipinski definition) is 2. The van der Waals surface area contributed by atoms with Gasteiger partial charge in [0.2, 0.25) is 0 Å². The fourth-order valence-electron chi connectivity index (χ4n) is 2.24. The van der Waals surface area contributed by atoms with Crippen molar-refractivity contribution in [2.45, 2.75) is 19.8 Å². The van der Waals surface area contributed by atoms with Gasteiger partial charge in [0.25, 0.3) is 0 Å². The molecule has 0 aliphatic heterocycles. The van der Waals surface area contributed by atoms with E-state index in [4.69, 9.17) is 14.2 Å². The van der Waals surface area contributed by atoms with Gasteiger partial charge in [0.1, 0.15) is 11.5 Å². The lowest BCUT2D eigenvalue weighted by molar-refractivity contribution is -0.146. The van der Waals surface area contributed by atoms with Crippen LogP contribution in [-0.2, 0) is 14.3 Å². The van der Waals surface area contributed by atoms with Crippen molar-refractivity contribution in [3.8, 4) is 34.1 Å². The molecule has 2 aromatic rings. The highest BCUT2D eigenvalue weighted by Crippen LogP contribution is 2.34. The third-order valence-electron chi connectivity index (χ3n) is 3.49. The van der Waals surface area contributed by atoms with Crippen molar-refractivity contribution in [1.82, 2.24) is 0 Å². The SMILES string of the molecule is CCOC(=O)CCC(=O)Oc1cc(OC)cc(-c2ccc(O)c(O)c2)c1. The maximum atomic E-state index is 11.9. The van der Waals surface area contributed by atoms with Crippen LogP contribution in [0.15, 0.2) is 36.4 Å². The lowest BCUT2D eigenvalue weighted by atomic mass is 10.0. The zero-order valence-electron chi connectivity index (χ0n) is 14.5. The van der Waals surface area contributed by atoms with Crippen LogP contribution in [0, 0.1) is 0 Å². The molecule has 0 radical (unpaired) electrons. The molecule has 0 aliphatic carbocycles. The van der Waals surface area contributed by atoms with Crippen LogP contribution in [0.3, 0.4) is 0 Å². The molecule has 0 aromatic heterocycles. The Bertz CT molecular complexity index is 798. The second-order valence-electron chi connectivity index (χ2n) is 5.38. The van der Waals surface area contributed by atoms with Crippen LogP contribution < -0.4 is 9.47 Å². The minimum absolute atomic E-state index is 0.0602. The van der Waals surface area contributed by atoms with Crippen molar-refractivity contribution in [3.05, 3.63) is 36.4 Å². The van der Waals surface area contributed by atoms with Crippen LogP contribution in [0.1, 0.15) is 19.8 Å². The molecule has 0 fully saturated rings. The van der Waals surface area contributed by atoms with Crippen LogP contribution in [0.4, 0.5) is 0 Å². The van der Waals surface area contributed by atoms with E-state index in [0.29, 0.717) is 16.9 Å². The zero-order valence-corrected chi connectivity index (χ0v) is 14.5. The molecule has 7 heteroatoms. The van der Waals surface area contributed by atoms with Gasteiger partial charge in [-0.3, -0.25) is 9.59 Å². The maximum Gasteiger partial charge on any atom is 0.311 e. The summed E-state index contributed by atoms with van der Waals surface area (Å²) in [6.07, 6.45) is -0.166. The van der Waals surface area contributed by atoms with E-state index in [-0.39, 0.29) is 36.7 Å². The highest BCUT2D eigenvalue weighted by molar-refractivity contribution is 5.79. The lowest BCUT2D eigenvalue weighted by Gasteiger charge is -2.10. The van der Waals surface area contributed by atoms with Crippen molar-refractivity contribution < 1.29 is 34.0 Å². The molecule has 0 saturated heterocycles. The van der Waals surface area contributed by atoms with Gasteiger partial charge in [0.05, 0.1) is 26.6 Å². The van der Waals surface area contributed by atoms with E-state index in [9.17, 15) is 19.8 Å². The third kappa shape index (κ3) is 5.14. The quantitative estimate of drug-likeness (QED) is 0.444. The van der Waals surface area contributed by atoms with E-state index in [1.165, 1.54) is 25.3 Å². The van der Waals surface area contributed by atoms with Crippen LogP contribution in [0.25, 0.3) is 11.1 Å². The van der Waals surface area contributed by atoms with Crippen molar-refractivity contribution >= 4 is 11.9 Å². The van der Waals surface area contributed by atoms with Gasteiger partial charge >= 0.3 is 11.9 Å². The molecule has 2 rings (SSSR count). The molecular weight excluding hydrogens is 340 g/mol. The van der Waals surface area contributed by atoms with Gasteiger partial charge in [-0.05, 0) is 42.3 Å². The minimum Gasteiger partial charge on any atom is -0.504 e. The van der Waals surface area contributed by atoms with Gasteiger partial charge in [-0.15, -0.1) is 0 Å². The average molecular weight is 360 g/mol. The summed E-state index contributed by atoms with van der Waals surface area (Å²) in [6.45, 7) is 1.95. The highest BCUT2D eigenvalue weighted by Gasteiger charge is 2.12. The summed E-state index contributed by atoms with van der Waals surface area (Å²) in [5, 5.41) is 19.1. The van der Waals surface area contributed by atoms with Gasteiger partial charge < -0.3 is 24.4 Å². The van der Waals surface area contributed by atoms with Crippen LogP contribution >= 0.6 is 0 Å². The summed E-state index contributed by atoms with van der Waals surface area (Å²) in [4.78, 5) is 23.2. The Kier molecular flexibility index (Phi) is 6.43. The average Bonchev–Trinajstić information content (AvgIpc) is 2.62. The monoisotopic (exact) mass is 360 g/mol. The van der Waals surface area contributed by atoms with Crippen LogP contribution in [0.5, 0.6) is 23.0 Å². The van der Waals surface area contributed by atoms with E-state index in [1.807, 2.05) is 0 Å². The summed E-state index contributed by atoms with van der Waals surface area (Å²) in [7, 11) is 1.47. The Morgan fingerprint density at radius 1 is 0.885 bits per heavy atom. The van der Waals surface area contributed by atoms with Gasteiger partial charge in [-0.25, -0.2) is 0 Å². The fraction of sp³-hybridized carbons (Fsp3) is 0.263. The van der Waals surface area contributed by atoms with Gasteiger partial charge in [-0.1, -0.05) is 6.07 Å². The molecule has 7 nitrogen and oxygen atoms in total. The number of rotatable bonds is 7. The number of benzene rings is 2. The molecule has 0 heterocycles. The second-order valence-corrected chi connectivity index (χ2v) is 5.38. The molecule has 0 atom stereocenters. The molecule has 0 amide bonds. The minimum atomic E-state index is -0.578. The molecule has 0 unspecified atom stereocenters. The predicted molar refractivity (Wildman–Crippen MR) is 93.3 cm³/mol. The molecule has 2 aromatic carbocycles. The summed E-state index contributed by atoms with van der Waals surface area (Å²) in [5.74, 6) is -0.856. The molecular formula is C19H20O7. The van der Waals surface area contributed by atoms with E-state index in [0.717, 1.165) is 0 Å². The number of ether oxygens (including phenoxy) is 3. The van der Waals surface area contributed by atoms with Crippen molar-refractivity contribution in [3.63, 3.8) is 0 Å². The largest absolute Gasteiger partial charge is 0.504 e. The normalized spacial score (nSPS) is 10.2. The fourth-order valence-corrected chi connectivity index (χ4v) is 2.24. The van der Waals surface area contributed by atoms with E-state index >= 15 is 0 Å². The zero-order chi connectivity index (χ0) is 19.1. The number of phenolic OH excluding ortho intramolecular Hbond substituents is 2. The van der Waals surface area contributed by atoms with Crippen molar-refractivity contribution in [2.75, 3.05) is 13.7 Å². The standard InChI is InChI=1S/C19H20O7/c1-3-25-18(22)6-7-19(23)26-15-9-13(8-14(11-15)24-2)12-4-5-16(20)17(21)10-12/h4-5,8-11,20-21H,3,6-7H2,1-2H3. The first-order valence-corrected chi connectivity index (χ1v) is 8.00. The predicted octanol–water partition coefficient (Wildman–Crippen LogP) is 3.02. The Morgan fingerprint density at radius 3 is 2.23 bits per heavy atom. The Morgan fingerprint density at radius 2 is 1.58 bits per heavy atom. The first-order chi connectivity index (χ1) is 12.4. The number of aromatic hydroxyl groups is 2. The number of carbonyl (C=O) groups excluding carboxylic acids is 2. The maximum absolute atomic E-state index is 11.9. The van der Waals surface area contributed by atoms with Crippen molar-refractivity contribution in [1.29, 1.82) is 0 Å². The topological polar surface area (TPSA) is 102 Å². The summed E-state index contributed by atoms with van der Waals surface area (Å²) in [6, 6.07) is 9.17. The van der Waals surface area contributed by atoms with Gasteiger partial charge in [0.15, 0.2) is 11.5 Å². The Hall–Kier alpha value is -3.22. The molecule has 0 saturated carbocycles. The molecule has 0 spiro atoms. The summed E-state index contributed by atoms with van der Waals surface area (Å²) in [5.41, 5.74) is 1.22. The molecule has 138 valence electrons. The summed E-state index contributed by atoms with van der Waals surface area (Å²) < 4.78 is 15.2. The van der Waals surface area contributed by atoms with E-state index in [2.05, 4.69) is 0 Å². The van der Waals surface area contributed by atoms with Crippen LogP contribution in [-0.4, -0.2) is 35.9 Å². The van der Waals surface area contributed by atoms with E-state index in [1.54, 1.807) is 25.1 Å². The Labute approximate surface area is 150 Å². The molecule has 0 bridgehead atoms. The van der Waals surface area contributed by atoms with E-state index < -0.39 is 11.9 Å². The summed E-state index contributed by atoms with van der Waals surface area (Å²) >= 11 is 0. The van der Waals surface area contributed by atoms with Gasteiger partial charge in [-0.2, -0.15) is 0 Å². The van der Waals surface area contributed by atoms with Crippen molar-refractivity contribution in [2.24, 2.45) is 0 Å². The third-order valence-corrected chi connectivity index (χ3v) is 3.49. The molecule has 26 heavy (non-hydrogen) atoms. The lowest BCUT2D eigenvalue weighted by Crippen LogP contribution is -2.12. The second kappa shape index (κ2) is 8.75. The Balaban J connectivity index is 2.17. The number of methoxy groups -OCH3 is 1. The smallest absolute Gasteiger partial charge is 0.311 e. The number of esters is 2. The first kappa shape index (κ1) is 19.1. The van der Waals surface area contributed by atoms with Gasteiger partial charge in [0, 0.05) is 6.07 Å². The molecule has 2 N–H and O–H groups in total. The van der Waals surface area contributed by atoms with Crippen LogP contribution in [0.2, 0.25) is 0 Å². The number of phenols is 2. The number of carbonyl (C=O) groups is 2.